The van der Waals surface area contributed by atoms with Crippen molar-refractivity contribution in [2.24, 2.45) is 0 Å². The normalized spacial score (nSPS) is 13.5. The third-order valence-electron chi connectivity index (χ3n) is 3.14. The molecular weight excluding hydrogens is 283 g/mol. The standard InChI is InChI=1S/C14H10Cl2N2O/c15-12-5-11(6-13(16)17-12)14(19)18-7-9-3-1-2-4-10(9)8-18/h1-6H,7-8H2. The Morgan fingerprint density at radius 1 is 1.05 bits per heavy atom. The third kappa shape index (κ3) is 2.44. The molecule has 19 heavy (non-hydrogen) atoms. The van der Waals surface area contributed by atoms with E-state index in [1.54, 1.807) is 17.0 Å². The maximum Gasteiger partial charge on any atom is 0.254 e. The predicted octanol–water partition coefficient (Wildman–Crippen LogP) is 3.54. The highest BCUT2D eigenvalue weighted by Crippen LogP contribution is 2.25. The Kier molecular flexibility index (Phi) is 3.17. The molecule has 1 aliphatic heterocycles. The van der Waals surface area contributed by atoms with Crippen LogP contribution in [0.4, 0.5) is 0 Å². The molecule has 0 N–H and O–H groups in total. The monoisotopic (exact) mass is 292 g/mol. The van der Waals surface area contributed by atoms with Crippen molar-refractivity contribution in [2.45, 2.75) is 13.1 Å². The highest BCUT2D eigenvalue weighted by molar-refractivity contribution is 6.33. The van der Waals surface area contributed by atoms with Gasteiger partial charge in [-0.05, 0) is 23.3 Å². The molecule has 0 saturated heterocycles. The van der Waals surface area contributed by atoms with E-state index in [0.717, 1.165) is 0 Å². The summed E-state index contributed by atoms with van der Waals surface area (Å²) in [6, 6.07) is 11.1. The van der Waals surface area contributed by atoms with Gasteiger partial charge in [0.05, 0.1) is 0 Å². The van der Waals surface area contributed by atoms with Crippen molar-refractivity contribution in [2.75, 3.05) is 0 Å². The lowest BCUT2D eigenvalue weighted by atomic mass is 10.1. The summed E-state index contributed by atoms with van der Waals surface area (Å²) in [5.41, 5.74) is 2.84. The lowest BCUT2D eigenvalue weighted by Gasteiger charge is -2.15. The number of carbonyl (C=O) groups is 1. The molecule has 0 bridgehead atoms. The number of benzene rings is 1. The minimum atomic E-state index is -0.0811. The molecule has 3 rings (SSSR count). The van der Waals surface area contributed by atoms with E-state index in [0.29, 0.717) is 18.7 Å². The number of aromatic nitrogens is 1. The Morgan fingerprint density at radius 3 is 2.11 bits per heavy atom. The van der Waals surface area contributed by atoms with Crippen molar-refractivity contribution in [3.8, 4) is 0 Å². The second-order valence-corrected chi connectivity index (χ2v) is 5.21. The van der Waals surface area contributed by atoms with Crippen LogP contribution in [0.1, 0.15) is 21.5 Å². The summed E-state index contributed by atoms with van der Waals surface area (Å²) >= 11 is 11.6. The SMILES string of the molecule is O=C(c1cc(Cl)nc(Cl)c1)N1Cc2ccccc2C1. The molecule has 1 amide bonds. The average Bonchev–Trinajstić information content (AvgIpc) is 2.80. The van der Waals surface area contributed by atoms with E-state index in [1.165, 1.54) is 11.1 Å². The number of carbonyl (C=O) groups excluding carboxylic acids is 1. The first-order valence-electron chi connectivity index (χ1n) is 5.82. The number of pyridine rings is 1. The van der Waals surface area contributed by atoms with Crippen LogP contribution in [0.15, 0.2) is 36.4 Å². The highest BCUT2D eigenvalue weighted by atomic mass is 35.5. The van der Waals surface area contributed by atoms with E-state index in [-0.39, 0.29) is 16.2 Å². The Labute approximate surface area is 120 Å². The second-order valence-electron chi connectivity index (χ2n) is 4.43. The Hall–Kier alpha value is -1.58. The van der Waals surface area contributed by atoms with Gasteiger partial charge in [-0.15, -0.1) is 0 Å². The molecule has 5 heteroatoms. The van der Waals surface area contributed by atoms with Crippen molar-refractivity contribution in [3.63, 3.8) is 0 Å². The molecule has 96 valence electrons. The topological polar surface area (TPSA) is 33.2 Å². The Balaban J connectivity index is 1.87. The van der Waals surface area contributed by atoms with Crippen molar-refractivity contribution in [3.05, 3.63) is 63.4 Å². The van der Waals surface area contributed by atoms with E-state index in [1.807, 2.05) is 24.3 Å². The maximum absolute atomic E-state index is 12.4. The van der Waals surface area contributed by atoms with Gasteiger partial charge < -0.3 is 4.90 Å². The summed E-state index contributed by atoms with van der Waals surface area (Å²) in [5.74, 6) is -0.0811. The first-order chi connectivity index (χ1) is 9.13. The van der Waals surface area contributed by atoms with E-state index in [4.69, 9.17) is 23.2 Å². The molecule has 0 atom stereocenters. The largest absolute Gasteiger partial charge is 0.330 e. The van der Waals surface area contributed by atoms with Crippen molar-refractivity contribution < 1.29 is 4.79 Å². The van der Waals surface area contributed by atoms with Crippen LogP contribution in [0.3, 0.4) is 0 Å². The summed E-state index contributed by atoms with van der Waals surface area (Å²) < 4.78 is 0. The van der Waals surface area contributed by atoms with Gasteiger partial charge in [0.1, 0.15) is 10.3 Å². The van der Waals surface area contributed by atoms with E-state index < -0.39 is 0 Å². The van der Waals surface area contributed by atoms with Gasteiger partial charge in [0, 0.05) is 18.7 Å². The van der Waals surface area contributed by atoms with Crippen LogP contribution >= 0.6 is 23.2 Å². The molecule has 2 heterocycles. The minimum absolute atomic E-state index is 0.0811. The Morgan fingerprint density at radius 2 is 1.58 bits per heavy atom. The van der Waals surface area contributed by atoms with E-state index >= 15 is 0 Å². The zero-order valence-electron chi connectivity index (χ0n) is 9.94. The summed E-state index contributed by atoms with van der Waals surface area (Å²) in [7, 11) is 0. The zero-order valence-corrected chi connectivity index (χ0v) is 11.4. The van der Waals surface area contributed by atoms with Gasteiger partial charge in [-0.3, -0.25) is 4.79 Å². The number of nitrogens with zero attached hydrogens (tertiary/aromatic N) is 2. The summed E-state index contributed by atoms with van der Waals surface area (Å²) in [6.07, 6.45) is 0. The molecule has 0 spiro atoms. The Bertz CT molecular complexity index is 612. The van der Waals surface area contributed by atoms with Gasteiger partial charge in [-0.1, -0.05) is 47.5 Å². The van der Waals surface area contributed by atoms with Crippen molar-refractivity contribution >= 4 is 29.1 Å². The lowest BCUT2D eigenvalue weighted by molar-refractivity contribution is 0.0751. The van der Waals surface area contributed by atoms with Crippen LogP contribution < -0.4 is 0 Å². The van der Waals surface area contributed by atoms with Crippen LogP contribution in [0.5, 0.6) is 0 Å². The number of hydrogen-bond acceptors (Lipinski definition) is 2. The van der Waals surface area contributed by atoms with Crippen LogP contribution in [0.25, 0.3) is 0 Å². The van der Waals surface area contributed by atoms with Gasteiger partial charge in [0.2, 0.25) is 0 Å². The molecular formula is C14H10Cl2N2O. The highest BCUT2D eigenvalue weighted by Gasteiger charge is 2.24. The summed E-state index contributed by atoms with van der Waals surface area (Å²) in [6.45, 7) is 1.24. The lowest BCUT2D eigenvalue weighted by Crippen LogP contribution is -2.25. The number of fused-ring (bicyclic) bond motifs is 1. The smallest absolute Gasteiger partial charge is 0.254 e. The van der Waals surface area contributed by atoms with Crippen molar-refractivity contribution in [1.82, 2.24) is 9.88 Å². The summed E-state index contributed by atoms with van der Waals surface area (Å²) in [5, 5.41) is 0.458. The fourth-order valence-corrected chi connectivity index (χ4v) is 2.71. The summed E-state index contributed by atoms with van der Waals surface area (Å²) in [4.78, 5) is 18.0. The predicted molar refractivity (Wildman–Crippen MR) is 74.3 cm³/mol. The molecule has 0 aliphatic carbocycles. The molecule has 1 aromatic carbocycles. The van der Waals surface area contributed by atoms with Crippen LogP contribution in [-0.2, 0) is 13.1 Å². The number of hydrogen-bond donors (Lipinski definition) is 0. The average molecular weight is 293 g/mol. The van der Waals surface area contributed by atoms with Crippen LogP contribution in [-0.4, -0.2) is 15.8 Å². The molecule has 0 fully saturated rings. The third-order valence-corrected chi connectivity index (χ3v) is 3.53. The fraction of sp³-hybridized carbons (Fsp3) is 0.143. The van der Waals surface area contributed by atoms with Crippen LogP contribution in [0, 0.1) is 0 Å². The van der Waals surface area contributed by atoms with Crippen LogP contribution in [0.2, 0.25) is 10.3 Å². The van der Waals surface area contributed by atoms with Gasteiger partial charge >= 0.3 is 0 Å². The molecule has 0 unspecified atom stereocenters. The maximum atomic E-state index is 12.4. The second kappa shape index (κ2) is 4.83. The number of halogens is 2. The minimum Gasteiger partial charge on any atom is -0.330 e. The quantitative estimate of drug-likeness (QED) is 0.753. The fourth-order valence-electron chi connectivity index (χ4n) is 2.25. The van der Waals surface area contributed by atoms with Gasteiger partial charge in [-0.2, -0.15) is 0 Å². The van der Waals surface area contributed by atoms with Gasteiger partial charge in [0.15, 0.2) is 0 Å². The molecule has 1 aromatic heterocycles. The van der Waals surface area contributed by atoms with E-state index in [9.17, 15) is 4.79 Å². The molecule has 0 saturated carbocycles. The van der Waals surface area contributed by atoms with Gasteiger partial charge in [0.25, 0.3) is 5.91 Å². The molecule has 1 aliphatic rings. The molecule has 0 radical (unpaired) electrons. The number of amides is 1. The zero-order chi connectivity index (χ0) is 13.4. The first kappa shape index (κ1) is 12.5. The molecule has 2 aromatic rings. The van der Waals surface area contributed by atoms with Crippen molar-refractivity contribution in [1.29, 1.82) is 0 Å². The first-order valence-corrected chi connectivity index (χ1v) is 6.58. The van der Waals surface area contributed by atoms with Gasteiger partial charge in [-0.25, -0.2) is 4.98 Å². The number of rotatable bonds is 1. The molecule has 3 nitrogen and oxygen atoms in total. The van der Waals surface area contributed by atoms with E-state index in [2.05, 4.69) is 4.98 Å².